The second-order valence-electron chi connectivity index (χ2n) is 6.70. The Kier molecular flexibility index (Phi) is 5.71. The van der Waals surface area contributed by atoms with E-state index in [2.05, 4.69) is 15.5 Å². The first kappa shape index (κ1) is 19.9. The number of carboxylic acid groups (broad SMARTS) is 1. The fraction of sp³-hybridized carbons (Fsp3) is 0.529. The van der Waals surface area contributed by atoms with Crippen LogP contribution in [0.3, 0.4) is 0 Å². The summed E-state index contributed by atoms with van der Waals surface area (Å²) in [7, 11) is 0. The third-order valence-corrected chi connectivity index (χ3v) is 4.41. The Morgan fingerprint density at radius 3 is 2.64 bits per heavy atom. The highest BCUT2D eigenvalue weighted by Crippen LogP contribution is 2.42. The molecule has 1 saturated carbocycles. The lowest BCUT2D eigenvalue weighted by molar-refractivity contribution is -0.141. The van der Waals surface area contributed by atoms with Crippen molar-refractivity contribution in [2.75, 3.05) is 6.54 Å². The standard InChI is InChI=1S/C17H20F3N5O3/c18-17(19,20)14-8-13(11-2-3-11)25(23-14)6-1-5-21-15(26)4-7-24-10-12(9-22-24)16(27)28/h8-11H,1-7H2,(H,21,26)(H,27,28). The van der Waals surface area contributed by atoms with Gasteiger partial charge in [-0.1, -0.05) is 0 Å². The zero-order chi connectivity index (χ0) is 20.3. The summed E-state index contributed by atoms with van der Waals surface area (Å²) >= 11 is 0. The Morgan fingerprint density at radius 2 is 2.04 bits per heavy atom. The van der Waals surface area contributed by atoms with Crippen molar-refractivity contribution in [1.29, 1.82) is 0 Å². The Hall–Kier alpha value is -2.85. The summed E-state index contributed by atoms with van der Waals surface area (Å²) in [4.78, 5) is 22.6. The molecular weight excluding hydrogens is 379 g/mol. The predicted molar refractivity (Wildman–Crippen MR) is 90.6 cm³/mol. The molecule has 2 aromatic rings. The van der Waals surface area contributed by atoms with Gasteiger partial charge in [0.1, 0.15) is 0 Å². The van der Waals surface area contributed by atoms with E-state index in [0.29, 0.717) is 25.2 Å². The minimum atomic E-state index is -4.46. The highest BCUT2D eigenvalue weighted by Gasteiger charge is 2.37. The van der Waals surface area contributed by atoms with Crippen LogP contribution in [0, 0.1) is 0 Å². The van der Waals surface area contributed by atoms with Crippen LogP contribution in [0.25, 0.3) is 0 Å². The smallest absolute Gasteiger partial charge is 0.435 e. The van der Waals surface area contributed by atoms with Gasteiger partial charge in [-0.15, -0.1) is 0 Å². The predicted octanol–water partition coefficient (Wildman–Crippen LogP) is 2.27. The van der Waals surface area contributed by atoms with E-state index in [0.717, 1.165) is 18.9 Å². The van der Waals surface area contributed by atoms with Crippen molar-refractivity contribution in [2.45, 2.75) is 50.9 Å². The average Bonchev–Trinajstić information content (AvgIpc) is 3.18. The van der Waals surface area contributed by atoms with Crippen molar-refractivity contribution in [1.82, 2.24) is 24.9 Å². The number of hydrogen-bond donors (Lipinski definition) is 2. The molecule has 1 aliphatic carbocycles. The summed E-state index contributed by atoms with van der Waals surface area (Å²) in [6, 6.07) is 1.12. The molecule has 0 aliphatic heterocycles. The lowest BCUT2D eigenvalue weighted by atomic mass is 10.2. The van der Waals surface area contributed by atoms with Crippen molar-refractivity contribution >= 4 is 11.9 Å². The van der Waals surface area contributed by atoms with E-state index in [9.17, 15) is 22.8 Å². The summed E-state index contributed by atoms with van der Waals surface area (Å²) < 4.78 is 41.3. The SMILES string of the molecule is O=C(CCn1cc(C(=O)O)cn1)NCCCn1nc(C(F)(F)F)cc1C1CC1. The maximum absolute atomic E-state index is 12.9. The summed E-state index contributed by atoms with van der Waals surface area (Å²) in [5.41, 5.74) is -0.228. The molecule has 1 fully saturated rings. The molecule has 1 amide bonds. The molecule has 0 radical (unpaired) electrons. The first-order valence-corrected chi connectivity index (χ1v) is 8.91. The van der Waals surface area contributed by atoms with Crippen molar-refractivity contribution in [3.63, 3.8) is 0 Å². The van der Waals surface area contributed by atoms with Crippen LogP contribution in [0.5, 0.6) is 0 Å². The highest BCUT2D eigenvalue weighted by atomic mass is 19.4. The number of aryl methyl sites for hydroxylation is 2. The van der Waals surface area contributed by atoms with Gasteiger partial charge in [0.05, 0.1) is 11.8 Å². The first-order chi connectivity index (χ1) is 13.2. The maximum Gasteiger partial charge on any atom is 0.435 e. The average molecular weight is 399 g/mol. The van der Waals surface area contributed by atoms with Gasteiger partial charge in [0, 0.05) is 43.9 Å². The Morgan fingerprint density at radius 1 is 1.29 bits per heavy atom. The Labute approximate surface area is 158 Å². The largest absolute Gasteiger partial charge is 0.478 e. The van der Waals surface area contributed by atoms with Crippen molar-refractivity contribution in [3.05, 3.63) is 35.4 Å². The number of alkyl halides is 3. The topological polar surface area (TPSA) is 102 Å². The number of carbonyl (C=O) groups is 2. The van der Waals surface area contributed by atoms with E-state index in [1.54, 1.807) is 0 Å². The zero-order valence-corrected chi connectivity index (χ0v) is 14.9. The second kappa shape index (κ2) is 8.03. The lowest BCUT2D eigenvalue weighted by Crippen LogP contribution is -2.26. The molecule has 2 aromatic heterocycles. The first-order valence-electron chi connectivity index (χ1n) is 8.91. The van der Waals surface area contributed by atoms with Crippen molar-refractivity contribution < 1.29 is 27.9 Å². The molecule has 11 heteroatoms. The number of carboxylic acids is 1. The van der Waals surface area contributed by atoms with Gasteiger partial charge >= 0.3 is 12.1 Å². The minimum absolute atomic E-state index is 0.0457. The molecule has 0 unspecified atom stereocenters. The van der Waals surface area contributed by atoms with Gasteiger partial charge in [-0.05, 0) is 25.3 Å². The van der Waals surface area contributed by atoms with Gasteiger partial charge in [-0.2, -0.15) is 23.4 Å². The van der Waals surface area contributed by atoms with Crippen molar-refractivity contribution in [2.24, 2.45) is 0 Å². The van der Waals surface area contributed by atoms with Crippen LogP contribution in [-0.4, -0.2) is 43.1 Å². The fourth-order valence-electron chi connectivity index (χ4n) is 2.81. The number of aromatic nitrogens is 4. The molecule has 28 heavy (non-hydrogen) atoms. The minimum Gasteiger partial charge on any atom is -0.478 e. The van der Waals surface area contributed by atoms with Crippen LogP contribution in [0.15, 0.2) is 18.5 Å². The Bertz CT molecular complexity index is 855. The molecule has 3 rings (SSSR count). The van der Waals surface area contributed by atoms with Gasteiger partial charge in [0.25, 0.3) is 0 Å². The highest BCUT2D eigenvalue weighted by molar-refractivity contribution is 5.86. The van der Waals surface area contributed by atoms with Crippen LogP contribution >= 0.6 is 0 Å². The maximum atomic E-state index is 12.9. The van der Waals surface area contributed by atoms with Gasteiger partial charge in [0.15, 0.2) is 5.69 Å². The summed E-state index contributed by atoms with van der Waals surface area (Å²) in [6.45, 7) is 0.839. The molecule has 0 saturated heterocycles. The van der Waals surface area contributed by atoms with E-state index in [4.69, 9.17) is 5.11 Å². The summed E-state index contributed by atoms with van der Waals surface area (Å²) in [5, 5.41) is 19.0. The molecule has 8 nitrogen and oxygen atoms in total. The monoisotopic (exact) mass is 399 g/mol. The number of carbonyl (C=O) groups excluding carboxylic acids is 1. The van der Waals surface area contributed by atoms with Crippen LogP contribution in [0.4, 0.5) is 13.2 Å². The van der Waals surface area contributed by atoms with Gasteiger partial charge in [-0.25, -0.2) is 4.79 Å². The number of nitrogens with zero attached hydrogens (tertiary/aromatic N) is 4. The quantitative estimate of drug-likeness (QED) is 0.630. The van der Waals surface area contributed by atoms with E-state index in [-0.39, 0.29) is 30.4 Å². The van der Waals surface area contributed by atoms with Gasteiger partial charge in [0.2, 0.25) is 5.91 Å². The molecular formula is C17H20F3N5O3. The molecule has 2 heterocycles. The molecule has 0 spiro atoms. The number of aromatic carboxylic acids is 1. The zero-order valence-electron chi connectivity index (χ0n) is 14.9. The van der Waals surface area contributed by atoms with Gasteiger partial charge in [-0.3, -0.25) is 14.2 Å². The van der Waals surface area contributed by atoms with Gasteiger partial charge < -0.3 is 10.4 Å². The molecule has 2 N–H and O–H groups in total. The molecule has 1 aliphatic rings. The molecule has 0 aromatic carbocycles. The van der Waals surface area contributed by atoms with E-state index in [1.807, 2.05) is 0 Å². The molecule has 152 valence electrons. The number of nitrogens with one attached hydrogen (secondary N) is 1. The van der Waals surface area contributed by atoms with Crippen LogP contribution in [-0.2, 0) is 24.1 Å². The number of hydrogen-bond acceptors (Lipinski definition) is 4. The summed E-state index contributed by atoms with van der Waals surface area (Å²) in [6.07, 6.45) is 0.398. The Balaban J connectivity index is 1.42. The third kappa shape index (κ3) is 5.11. The van der Waals surface area contributed by atoms with E-state index < -0.39 is 17.8 Å². The van der Waals surface area contributed by atoms with Crippen LogP contribution < -0.4 is 5.32 Å². The second-order valence-corrected chi connectivity index (χ2v) is 6.70. The third-order valence-electron chi connectivity index (χ3n) is 4.41. The number of amides is 1. The van der Waals surface area contributed by atoms with Crippen molar-refractivity contribution in [3.8, 4) is 0 Å². The van der Waals surface area contributed by atoms with E-state index in [1.165, 1.54) is 21.8 Å². The lowest BCUT2D eigenvalue weighted by Gasteiger charge is -2.08. The fourth-order valence-corrected chi connectivity index (χ4v) is 2.81. The van der Waals surface area contributed by atoms with Crippen LogP contribution in [0.2, 0.25) is 0 Å². The van der Waals surface area contributed by atoms with E-state index >= 15 is 0 Å². The molecule has 0 atom stereocenters. The van der Waals surface area contributed by atoms with Crippen LogP contribution in [0.1, 0.15) is 53.3 Å². The molecule has 0 bridgehead atoms. The number of halogens is 3. The summed E-state index contributed by atoms with van der Waals surface area (Å²) in [5.74, 6) is -1.19. The number of rotatable bonds is 9. The normalized spacial score (nSPS) is 14.2.